The van der Waals surface area contributed by atoms with Crippen molar-refractivity contribution in [3.8, 4) is 0 Å². The summed E-state index contributed by atoms with van der Waals surface area (Å²) < 4.78 is 5.42. The van der Waals surface area contributed by atoms with Gasteiger partial charge in [-0.2, -0.15) is 0 Å². The molecule has 3 unspecified atom stereocenters. The Balaban J connectivity index is 2.52. The average Bonchev–Trinajstić information content (AvgIpc) is 2.30. The second-order valence-corrected chi connectivity index (χ2v) is 4.87. The van der Waals surface area contributed by atoms with Gasteiger partial charge in [0, 0.05) is 19.1 Å². The Kier molecular flexibility index (Phi) is 5.62. The molecule has 2 heteroatoms. The van der Waals surface area contributed by atoms with Crippen LogP contribution in [0, 0.1) is 11.8 Å². The molecule has 0 bridgehead atoms. The quantitative estimate of drug-likeness (QED) is 0.696. The van der Waals surface area contributed by atoms with E-state index >= 15 is 0 Å². The van der Waals surface area contributed by atoms with E-state index in [-0.39, 0.29) is 0 Å². The number of morpholine rings is 1. The summed E-state index contributed by atoms with van der Waals surface area (Å²) in [6.07, 6.45) is 2.56. The molecule has 15 heavy (non-hydrogen) atoms. The summed E-state index contributed by atoms with van der Waals surface area (Å²) in [7, 11) is 0. The first-order valence-corrected chi connectivity index (χ1v) is 6.52. The molecule has 90 valence electrons. The van der Waals surface area contributed by atoms with Gasteiger partial charge in [0.25, 0.3) is 0 Å². The maximum atomic E-state index is 5.42. The van der Waals surface area contributed by atoms with Crippen molar-refractivity contribution in [2.75, 3.05) is 26.3 Å². The van der Waals surface area contributed by atoms with Crippen molar-refractivity contribution in [1.29, 1.82) is 0 Å². The molecule has 1 aliphatic rings. The smallest absolute Gasteiger partial charge is 0.0594 e. The van der Waals surface area contributed by atoms with E-state index in [9.17, 15) is 0 Å². The molecule has 0 amide bonds. The summed E-state index contributed by atoms with van der Waals surface area (Å²) in [6, 6.07) is 0.754. The Morgan fingerprint density at radius 3 is 2.13 bits per heavy atom. The molecule has 1 aliphatic heterocycles. The molecule has 1 saturated heterocycles. The van der Waals surface area contributed by atoms with Gasteiger partial charge in [-0.15, -0.1) is 0 Å². The van der Waals surface area contributed by atoms with Crippen molar-refractivity contribution in [3.05, 3.63) is 0 Å². The molecular formula is C13H27NO. The molecule has 0 radical (unpaired) electrons. The lowest BCUT2D eigenvalue weighted by atomic mass is 9.85. The van der Waals surface area contributed by atoms with Crippen molar-refractivity contribution in [1.82, 2.24) is 4.90 Å². The van der Waals surface area contributed by atoms with Crippen LogP contribution < -0.4 is 0 Å². The van der Waals surface area contributed by atoms with Crippen LogP contribution in [0.4, 0.5) is 0 Å². The number of hydrogen-bond donors (Lipinski definition) is 0. The third-order valence-electron chi connectivity index (χ3n) is 4.08. The van der Waals surface area contributed by atoms with Crippen LogP contribution in [0.25, 0.3) is 0 Å². The van der Waals surface area contributed by atoms with Gasteiger partial charge in [0.05, 0.1) is 13.2 Å². The molecule has 0 aromatic rings. The van der Waals surface area contributed by atoms with E-state index in [1.807, 2.05) is 0 Å². The lowest BCUT2D eigenvalue weighted by Gasteiger charge is -2.39. The molecule has 1 rings (SSSR count). The predicted molar refractivity (Wildman–Crippen MR) is 65.1 cm³/mol. The van der Waals surface area contributed by atoms with Gasteiger partial charge >= 0.3 is 0 Å². The Labute approximate surface area is 95.0 Å². The Hall–Kier alpha value is -0.0800. The van der Waals surface area contributed by atoms with E-state index < -0.39 is 0 Å². The minimum Gasteiger partial charge on any atom is -0.379 e. The van der Waals surface area contributed by atoms with E-state index in [0.717, 1.165) is 44.2 Å². The van der Waals surface area contributed by atoms with Gasteiger partial charge in [-0.25, -0.2) is 0 Å². The molecular weight excluding hydrogens is 186 g/mol. The fraction of sp³-hybridized carbons (Fsp3) is 1.00. The van der Waals surface area contributed by atoms with Gasteiger partial charge in [0.2, 0.25) is 0 Å². The van der Waals surface area contributed by atoms with Crippen molar-refractivity contribution >= 4 is 0 Å². The Bertz CT molecular complexity index is 164. The topological polar surface area (TPSA) is 12.5 Å². The van der Waals surface area contributed by atoms with E-state index in [0.29, 0.717) is 0 Å². The summed E-state index contributed by atoms with van der Waals surface area (Å²) in [5, 5.41) is 0. The fourth-order valence-electron chi connectivity index (χ4n) is 2.62. The summed E-state index contributed by atoms with van der Waals surface area (Å²) in [6.45, 7) is 13.5. The summed E-state index contributed by atoms with van der Waals surface area (Å²) in [5.41, 5.74) is 0. The van der Waals surface area contributed by atoms with Crippen molar-refractivity contribution in [2.45, 2.75) is 46.6 Å². The third-order valence-corrected chi connectivity index (χ3v) is 4.08. The molecule has 2 nitrogen and oxygen atoms in total. The van der Waals surface area contributed by atoms with Gasteiger partial charge in [-0.3, -0.25) is 4.90 Å². The molecule has 1 heterocycles. The van der Waals surface area contributed by atoms with Crippen LogP contribution >= 0.6 is 0 Å². The van der Waals surface area contributed by atoms with Crippen LogP contribution in [0.15, 0.2) is 0 Å². The summed E-state index contributed by atoms with van der Waals surface area (Å²) in [4.78, 5) is 2.63. The molecule has 0 aromatic carbocycles. The number of ether oxygens (including phenoxy) is 1. The number of rotatable bonds is 5. The largest absolute Gasteiger partial charge is 0.379 e. The van der Waals surface area contributed by atoms with Gasteiger partial charge in [-0.1, -0.05) is 34.1 Å². The van der Waals surface area contributed by atoms with Gasteiger partial charge < -0.3 is 4.74 Å². The highest BCUT2D eigenvalue weighted by molar-refractivity contribution is 4.80. The van der Waals surface area contributed by atoms with E-state index in [1.54, 1.807) is 0 Å². The van der Waals surface area contributed by atoms with Gasteiger partial charge in [0.15, 0.2) is 0 Å². The summed E-state index contributed by atoms with van der Waals surface area (Å²) >= 11 is 0. The average molecular weight is 213 g/mol. The second-order valence-electron chi connectivity index (χ2n) is 4.87. The maximum Gasteiger partial charge on any atom is 0.0594 e. The zero-order valence-electron chi connectivity index (χ0n) is 10.8. The molecule has 0 aromatic heterocycles. The molecule has 1 fully saturated rings. The van der Waals surface area contributed by atoms with Crippen LogP contribution in [-0.2, 0) is 4.74 Å². The molecule has 0 spiro atoms. The van der Waals surface area contributed by atoms with Gasteiger partial charge in [0.1, 0.15) is 0 Å². The fourth-order valence-corrected chi connectivity index (χ4v) is 2.62. The van der Waals surface area contributed by atoms with Crippen molar-refractivity contribution < 1.29 is 4.74 Å². The lowest BCUT2D eigenvalue weighted by Crippen LogP contribution is -2.47. The van der Waals surface area contributed by atoms with Gasteiger partial charge in [-0.05, 0) is 18.3 Å². The SMILES string of the molecule is CCC(C)C(C)C(CC)N1CCOCC1. The highest BCUT2D eigenvalue weighted by Crippen LogP contribution is 2.25. The van der Waals surface area contributed by atoms with Crippen LogP contribution in [0.3, 0.4) is 0 Å². The van der Waals surface area contributed by atoms with E-state index in [2.05, 4.69) is 32.6 Å². The molecule has 3 atom stereocenters. The van der Waals surface area contributed by atoms with Crippen molar-refractivity contribution in [3.63, 3.8) is 0 Å². The minimum atomic E-state index is 0.754. The van der Waals surface area contributed by atoms with E-state index in [1.165, 1.54) is 12.8 Å². The highest BCUT2D eigenvalue weighted by atomic mass is 16.5. The number of hydrogen-bond acceptors (Lipinski definition) is 2. The lowest BCUT2D eigenvalue weighted by molar-refractivity contribution is -0.00316. The number of nitrogens with zero attached hydrogens (tertiary/aromatic N) is 1. The maximum absolute atomic E-state index is 5.42. The second kappa shape index (κ2) is 6.49. The highest BCUT2D eigenvalue weighted by Gasteiger charge is 2.26. The normalized spacial score (nSPS) is 24.8. The molecule has 0 saturated carbocycles. The first-order valence-electron chi connectivity index (χ1n) is 6.52. The standard InChI is InChI=1S/C13H27NO/c1-5-11(3)12(4)13(6-2)14-7-9-15-10-8-14/h11-13H,5-10H2,1-4H3. The monoisotopic (exact) mass is 213 g/mol. The van der Waals surface area contributed by atoms with E-state index in [4.69, 9.17) is 4.74 Å². The minimum absolute atomic E-state index is 0.754. The van der Waals surface area contributed by atoms with Crippen molar-refractivity contribution in [2.24, 2.45) is 11.8 Å². The Morgan fingerprint density at radius 1 is 1.07 bits per heavy atom. The Morgan fingerprint density at radius 2 is 1.67 bits per heavy atom. The van der Waals surface area contributed by atoms with Crippen LogP contribution in [-0.4, -0.2) is 37.2 Å². The van der Waals surface area contributed by atoms with Crippen LogP contribution in [0.1, 0.15) is 40.5 Å². The first-order chi connectivity index (χ1) is 7.20. The molecule has 0 aliphatic carbocycles. The molecule has 0 N–H and O–H groups in total. The summed E-state index contributed by atoms with van der Waals surface area (Å²) in [5.74, 6) is 1.64. The zero-order valence-corrected chi connectivity index (χ0v) is 10.8. The van der Waals surface area contributed by atoms with Crippen LogP contribution in [0.2, 0.25) is 0 Å². The van der Waals surface area contributed by atoms with Crippen LogP contribution in [0.5, 0.6) is 0 Å². The third kappa shape index (κ3) is 3.46. The first kappa shape index (κ1) is 13.0. The zero-order chi connectivity index (χ0) is 11.3. The predicted octanol–water partition coefficient (Wildman–Crippen LogP) is 2.78.